The minimum absolute atomic E-state index is 0.0983. The Morgan fingerprint density at radius 2 is 1.90 bits per heavy atom. The van der Waals surface area contributed by atoms with E-state index in [0.717, 1.165) is 5.56 Å². The summed E-state index contributed by atoms with van der Waals surface area (Å²) in [5.74, 6) is -0.206. The van der Waals surface area contributed by atoms with Crippen molar-refractivity contribution in [3.63, 3.8) is 0 Å². The third kappa shape index (κ3) is 3.44. The Bertz CT molecular complexity index is 703. The first-order chi connectivity index (χ1) is 9.56. The molecular weight excluding hydrogens is 258 g/mol. The smallest absolute Gasteiger partial charge is 0.328 e. The summed E-state index contributed by atoms with van der Waals surface area (Å²) in [7, 11) is 1.67. The van der Waals surface area contributed by atoms with E-state index < -0.39 is 11.2 Å². The average Bonchev–Trinajstić information content (AvgIpc) is 2.43. The Morgan fingerprint density at radius 3 is 2.55 bits per heavy atom. The summed E-state index contributed by atoms with van der Waals surface area (Å²) >= 11 is 0. The third-order valence-electron chi connectivity index (χ3n) is 2.89. The topological polar surface area (TPSA) is 75.2 Å². The standard InChI is InChI=1S/C14H15N3O3/c1-16(9-11-5-3-2-4-6-11)13(19)10-17-8-7-12(18)15-14(17)20/h2-8H,9-10H2,1H3,(H,15,18,20). The van der Waals surface area contributed by atoms with Gasteiger partial charge in [-0.2, -0.15) is 0 Å². The molecule has 0 unspecified atom stereocenters. The Hall–Kier alpha value is -2.63. The van der Waals surface area contributed by atoms with Gasteiger partial charge in [0.2, 0.25) is 5.91 Å². The first kappa shape index (κ1) is 13.8. The molecule has 1 N–H and O–H groups in total. The van der Waals surface area contributed by atoms with Crippen LogP contribution in [0.25, 0.3) is 0 Å². The van der Waals surface area contributed by atoms with Gasteiger partial charge in [0.25, 0.3) is 5.56 Å². The fourth-order valence-corrected chi connectivity index (χ4v) is 1.78. The van der Waals surface area contributed by atoms with Crippen LogP contribution >= 0.6 is 0 Å². The number of carbonyl (C=O) groups excluding carboxylic acids is 1. The van der Waals surface area contributed by atoms with E-state index in [1.807, 2.05) is 30.3 Å². The fourth-order valence-electron chi connectivity index (χ4n) is 1.78. The van der Waals surface area contributed by atoms with Gasteiger partial charge in [0, 0.05) is 25.9 Å². The molecule has 0 bridgehead atoms. The second kappa shape index (κ2) is 6.01. The Morgan fingerprint density at radius 1 is 1.20 bits per heavy atom. The highest BCUT2D eigenvalue weighted by Gasteiger charge is 2.10. The van der Waals surface area contributed by atoms with Gasteiger partial charge >= 0.3 is 5.69 Å². The number of nitrogens with one attached hydrogen (secondary N) is 1. The van der Waals surface area contributed by atoms with Crippen LogP contribution in [0.4, 0.5) is 0 Å². The van der Waals surface area contributed by atoms with Crippen LogP contribution in [0.5, 0.6) is 0 Å². The molecule has 6 nitrogen and oxygen atoms in total. The van der Waals surface area contributed by atoms with Crippen LogP contribution in [-0.4, -0.2) is 27.4 Å². The van der Waals surface area contributed by atoms with Crippen molar-refractivity contribution in [2.45, 2.75) is 13.1 Å². The molecule has 0 spiro atoms. The maximum absolute atomic E-state index is 12.0. The molecule has 1 aromatic heterocycles. The molecule has 0 saturated heterocycles. The van der Waals surface area contributed by atoms with Crippen molar-refractivity contribution >= 4 is 5.91 Å². The van der Waals surface area contributed by atoms with Gasteiger partial charge < -0.3 is 4.90 Å². The summed E-state index contributed by atoms with van der Waals surface area (Å²) in [6.07, 6.45) is 1.31. The van der Waals surface area contributed by atoms with E-state index in [1.165, 1.54) is 21.7 Å². The molecule has 1 amide bonds. The normalized spacial score (nSPS) is 10.2. The Kier molecular flexibility index (Phi) is 4.14. The van der Waals surface area contributed by atoms with Crippen LogP contribution in [0.3, 0.4) is 0 Å². The summed E-state index contributed by atoms with van der Waals surface area (Å²) in [5, 5.41) is 0. The summed E-state index contributed by atoms with van der Waals surface area (Å²) in [5.41, 5.74) is -0.0486. The minimum atomic E-state index is -0.584. The van der Waals surface area contributed by atoms with E-state index in [4.69, 9.17) is 0 Å². The summed E-state index contributed by atoms with van der Waals surface area (Å²) in [4.78, 5) is 38.1. The van der Waals surface area contributed by atoms with E-state index >= 15 is 0 Å². The van der Waals surface area contributed by atoms with Gasteiger partial charge in [-0.3, -0.25) is 19.1 Å². The van der Waals surface area contributed by atoms with Crippen LogP contribution in [-0.2, 0) is 17.9 Å². The molecule has 2 rings (SSSR count). The monoisotopic (exact) mass is 273 g/mol. The predicted molar refractivity (Wildman–Crippen MR) is 74.2 cm³/mol. The number of aromatic nitrogens is 2. The number of carbonyl (C=O) groups is 1. The molecule has 104 valence electrons. The fraction of sp³-hybridized carbons (Fsp3) is 0.214. The molecule has 0 aliphatic carbocycles. The molecule has 6 heteroatoms. The molecule has 1 aromatic carbocycles. The zero-order chi connectivity index (χ0) is 14.5. The Labute approximate surface area is 115 Å². The number of H-pyrrole nitrogens is 1. The van der Waals surface area contributed by atoms with Gasteiger partial charge in [-0.1, -0.05) is 30.3 Å². The predicted octanol–water partition coefficient (Wildman–Crippen LogP) is 0.195. The van der Waals surface area contributed by atoms with Crippen molar-refractivity contribution in [1.82, 2.24) is 14.5 Å². The number of aromatic amines is 1. The van der Waals surface area contributed by atoms with Crippen LogP contribution < -0.4 is 11.2 Å². The molecule has 1 heterocycles. The van der Waals surface area contributed by atoms with E-state index in [-0.39, 0.29) is 12.5 Å². The average molecular weight is 273 g/mol. The maximum atomic E-state index is 12.0. The number of benzene rings is 1. The van der Waals surface area contributed by atoms with Crippen molar-refractivity contribution in [3.8, 4) is 0 Å². The van der Waals surface area contributed by atoms with Crippen molar-refractivity contribution in [1.29, 1.82) is 0 Å². The SMILES string of the molecule is CN(Cc1ccccc1)C(=O)Cn1ccc(=O)[nH]c1=O. The molecule has 2 aromatic rings. The molecule has 0 fully saturated rings. The van der Waals surface area contributed by atoms with E-state index in [1.54, 1.807) is 7.05 Å². The van der Waals surface area contributed by atoms with Crippen molar-refractivity contribution in [3.05, 3.63) is 69.0 Å². The Balaban J connectivity index is 2.04. The second-order valence-electron chi connectivity index (χ2n) is 4.47. The second-order valence-corrected chi connectivity index (χ2v) is 4.47. The molecule has 0 saturated carbocycles. The lowest BCUT2D eigenvalue weighted by molar-refractivity contribution is -0.131. The quantitative estimate of drug-likeness (QED) is 0.864. The molecule has 0 radical (unpaired) electrons. The molecule has 0 atom stereocenters. The van der Waals surface area contributed by atoms with Crippen molar-refractivity contribution in [2.75, 3.05) is 7.05 Å². The first-order valence-electron chi connectivity index (χ1n) is 6.14. The number of amides is 1. The van der Waals surface area contributed by atoms with E-state index in [0.29, 0.717) is 6.54 Å². The highest BCUT2D eigenvalue weighted by molar-refractivity contribution is 5.75. The lowest BCUT2D eigenvalue weighted by atomic mass is 10.2. The van der Waals surface area contributed by atoms with Crippen LogP contribution in [0.15, 0.2) is 52.2 Å². The third-order valence-corrected chi connectivity index (χ3v) is 2.89. The van der Waals surface area contributed by atoms with Crippen LogP contribution in [0.1, 0.15) is 5.56 Å². The van der Waals surface area contributed by atoms with Crippen LogP contribution in [0.2, 0.25) is 0 Å². The highest BCUT2D eigenvalue weighted by Crippen LogP contribution is 2.03. The molecule has 0 aliphatic rings. The van der Waals surface area contributed by atoms with E-state index in [2.05, 4.69) is 4.98 Å². The molecule has 20 heavy (non-hydrogen) atoms. The van der Waals surface area contributed by atoms with Gasteiger partial charge in [-0.25, -0.2) is 4.79 Å². The summed E-state index contributed by atoms with van der Waals surface area (Å²) in [6.45, 7) is 0.372. The highest BCUT2D eigenvalue weighted by atomic mass is 16.2. The molecule has 0 aliphatic heterocycles. The van der Waals surface area contributed by atoms with E-state index in [9.17, 15) is 14.4 Å². The lowest BCUT2D eigenvalue weighted by Crippen LogP contribution is -2.36. The van der Waals surface area contributed by atoms with Gasteiger partial charge in [0.1, 0.15) is 6.54 Å². The van der Waals surface area contributed by atoms with Crippen molar-refractivity contribution < 1.29 is 4.79 Å². The number of likely N-dealkylation sites (N-methyl/N-ethyl adjacent to an activating group) is 1. The molecular formula is C14H15N3O3. The number of hydrogen-bond donors (Lipinski definition) is 1. The van der Waals surface area contributed by atoms with Crippen molar-refractivity contribution in [2.24, 2.45) is 0 Å². The number of rotatable bonds is 4. The van der Waals surface area contributed by atoms with Gasteiger partial charge in [-0.05, 0) is 5.56 Å². The largest absolute Gasteiger partial charge is 0.340 e. The first-order valence-corrected chi connectivity index (χ1v) is 6.14. The number of hydrogen-bond acceptors (Lipinski definition) is 3. The zero-order valence-corrected chi connectivity index (χ0v) is 11.1. The zero-order valence-electron chi connectivity index (χ0n) is 11.1. The van der Waals surface area contributed by atoms with Gasteiger partial charge in [0.05, 0.1) is 0 Å². The summed E-state index contributed by atoms with van der Waals surface area (Å²) < 4.78 is 1.17. The van der Waals surface area contributed by atoms with Crippen LogP contribution in [0, 0.1) is 0 Å². The summed E-state index contributed by atoms with van der Waals surface area (Å²) in [6, 6.07) is 10.8. The number of nitrogens with zero attached hydrogens (tertiary/aromatic N) is 2. The van der Waals surface area contributed by atoms with Gasteiger partial charge in [0.15, 0.2) is 0 Å². The minimum Gasteiger partial charge on any atom is -0.340 e. The van der Waals surface area contributed by atoms with Gasteiger partial charge in [-0.15, -0.1) is 0 Å². The maximum Gasteiger partial charge on any atom is 0.328 e. The lowest BCUT2D eigenvalue weighted by Gasteiger charge is -2.17.